The molecule has 0 radical (unpaired) electrons. The molecule has 3 aromatic rings. The zero-order chi connectivity index (χ0) is 24.0. The molecule has 0 unspecified atom stereocenters. The molecular weight excluding hydrogens is 466 g/mol. The second-order valence-corrected chi connectivity index (χ2v) is 9.67. The maximum absolute atomic E-state index is 12.7. The summed E-state index contributed by atoms with van der Waals surface area (Å²) in [5.74, 6) is 0.984. The Bertz CT molecular complexity index is 1200. The van der Waals surface area contributed by atoms with Crippen LogP contribution < -0.4 is 19.5 Å². The standard InChI is InChI=1S/C22H23N3O6S2/c1-14-5-7-16(8-6-14)33(27,28)21-10-9-20(24-25-21)32-13-19(26)23-15-11-17(29-2)22(31-4)18(12-15)30-3/h5-12H,13H2,1-4H3,(H,23,26). The van der Waals surface area contributed by atoms with Crippen molar-refractivity contribution in [3.63, 3.8) is 0 Å². The summed E-state index contributed by atoms with van der Waals surface area (Å²) in [6.07, 6.45) is 0. The molecule has 0 saturated carbocycles. The molecule has 1 N–H and O–H groups in total. The third kappa shape index (κ3) is 5.74. The Morgan fingerprint density at radius 1 is 0.939 bits per heavy atom. The Hall–Kier alpha value is -3.31. The number of hydrogen-bond donors (Lipinski definition) is 1. The highest BCUT2D eigenvalue weighted by atomic mass is 32.2. The SMILES string of the molecule is COc1cc(NC(=O)CSc2ccc(S(=O)(=O)c3ccc(C)cc3)nn2)cc(OC)c1OC. The molecule has 0 spiro atoms. The van der Waals surface area contributed by atoms with Crippen LogP contribution in [0.25, 0.3) is 0 Å². The predicted octanol–water partition coefficient (Wildman–Crippen LogP) is 3.37. The van der Waals surface area contributed by atoms with Crippen LogP contribution in [0.15, 0.2) is 63.5 Å². The van der Waals surface area contributed by atoms with Crippen LogP contribution in [0, 0.1) is 6.92 Å². The van der Waals surface area contributed by atoms with Crippen molar-refractivity contribution in [1.29, 1.82) is 0 Å². The van der Waals surface area contributed by atoms with E-state index in [-0.39, 0.29) is 21.6 Å². The summed E-state index contributed by atoms with van der Waals surface area (Å²) in [5, 5.41) is 10.8. The summed E-state index contributed by atoms with van der Waals surface area (Å²) in [5.41, 5.74) is 1.43. The van der Waals surface area contributed by atoms with Gasteiger partial charge in [-0.15, -0.1) is 10.2 Å². The third-order valence-corrected chi connectivity index (χ3v) is 7.10. The number of thioether (sulfide) groups is 1. The van der Waals surface area contributed by atoms with Crippen LogP contribution >= 0.6 is 11.8 Å². The fourth-order valence-corrected chi connectivity index (χ4v) is 4.60. The van der Waals surface area contributed by atoms with Gasteiger partial charge in [-0.2, -0.15) is 0 Å². The normalized spacial score (nSPS) is 11.0. The van der Waals surface area contributed by atoms with Gasteiger partial charge < -0.3 is 19.5 Å². The van der Waals surface area contributed by atoms with E-state index in [0.29, 0.717) is 28.0 Å². The topological polar surface area (TPSA) is 117 Å². The van der Waals surface area contributed by atoms with Gasteiger partial charge >= 0.3 is 0 Å². The zero-order valence-corrected chi connectivity index (χ0v) is 20.1. The molecule has 0 atom stereocenters. The molecule has 2 aromatic carbocycles. The summed E-state index contributed by atoms with van der Waals surface area (Å²) in [6.45, 7) is 1.88. The highest BCUT2D eigenvalue weighted by Gasteiger charge is 2.20. The molecule has 0 saturated heterocycles. The van der Waals surface area contributed by atoms with Gasteiger partial charge in [0.25, 0.3) is 0 Å². The molecular formula is C22H23N3O6S2. The minimum absolute atomic E-state index is 0.0371. The summed E-state index contributed by atoms with van der Waals surface area (Å²) in [7, 11) is 0.706. The largest absolute Gasteiger partial charge is 0.493 e. The molecule has 1 aromatic heterocycles. The molecule has 9 nitrogen and oxygen atoms in total. The van der Waals surface area contributed by atoms with Crippen LogP contribution in [-0.2, 0) is 14.6 Å². The lowest BCUT2D eigenvalue weighted by molar-refractivity contribution is -0.113. The fourth-order valence-electron chi connectivity index (χ4n) is 2.86. The van der Waals surface area contributed by atoms with Gasteiger partial charge in [0.15, 0.2) is 16.5 Å². The van der Waals surface area contributed by atoms with Crippen molar-refractivity contribution in [2.75, 3.05) is 32.4 Å². The maximum atomic E-state index is 12.7. The van der Waals surface area contributed by atoms with Gasteiger partial charge in [-0.3, -0.25) is 4.79 Å². The smallest absolute Gasteiger partial charge is 0.234 e. The Labute approximate surface area is 196 Å². The van der Waals surface area contributed by atoms with Crippen LogP contribution in [0.5, 0.6) is 17.2 Å². The number of methoxy groups -OCH3 is 3. The minimum Gasteiger partial charge on any atom is -0.493 e. The molecule has 0 bridgehead atoms. The van der Waals surface area contributed by atoms with Crippen LogP contribution in [0.3, 0.4) is 0 Å². The molecule has 174 valence electrons. The number of aryl methyl sites for hydroxylation is 1. The van der Waals surface area contributed by atoms with Crippen molar-refractivity contribution >= 4 is 33.2 Å². The Morgan fingerprint density at radius 3 is 2.09 bits per heavy atom. The van der Waals surface area contributed by atoms with Gasteiger partial charge in [0.1, 0.15) is 5.03 Å². The molecule has 0 aliphatic carbocycles. The van der Waals surface area contributed by atoms with Gasteiger partial charge in [0.05, 0.1) is 32.0 Å². The molecule has 11 heteroatoms. The quantitative estimate of drug-likeness (QED) is 0.451. The van der Waals surface area contributed by atoms with Gasteiger partial charge in [-0.25, -0.2) is 8.42 Å². The molecule has 3 rings (SSSR count). The molecule has 1 amide bonds. The van der Waals surface area contributed by atoms with Crippen LogP contribution in [0.2, 0.25) is 0 Å². The van der Waals surface area contributed by atoms with Crippen molar-refractivity contribution in [2.24, 2.45) is 0 Å². The first-order chi connectivity index (χ1) is 15.8. The van der Waals surface area contributed by atoms with E-state index in [1.165, 1.54) is 45.6 Å². The molecule has 0 aliphatic heterocycles. The van der Waals surface area contributed by atoms with Gasteiger partial charge in [0, 0.05) is 17.8 Å². The number of sulfone groups is 1. The van der Waals surface area contributed by atoms with Crippen molar-refractivity contribution in [3.05, 3.63) is 54.1 Å². The first kappa shape index (κ1) is 24.3. The second kappa shape index (κ2) is 10.5. The summed E-state index contributed by atoms with van der Waals surface area (Å²) < 4.78 is 41.2. The van der Waals surface area contributed by atoms with E-state index in [2.05, 4.69) is 15.5 Å². The monoisotopic (exact) mass is 489 g/mol. The maximum Gasteiger partial charge on any atom is 0.234 e. The fraction of sp³-hybridized carbons (Fsp3) is 0.227. The number of aromatic nitrogens is 2. The number of nitrogens with one attached hydrogen (secondary N) is 1. The van der Waals surface area contributed by atoms with Crippen LogP contribution in [0.1, 0.15) is 5.56 Å². The summed E-state index contributed by atoms with van der Waals surface area (Å²) >= 11 is 1.12. The molecule has 0 fully saturated rings. The number of carbonyl (C=O) groups excluding carboxylic acids is 1. The Kier molecular flexibility index (Phi) is 7.77. The number of rotatable bonds is 9. The summed E-state index contributed by atoms with van der Waals surface area (Å²) in [4.78, 5) is 12.5. The lowest BCUT2D eigenvalue weighted by Crippen LogP contribution is -2.14. The van der Waals surface area contributed by atoms with Gasteiger partial charge in [-0.1, -0.05) is 29.5 Å². The van der Waals surface area contributed by atoms with Crippen LogP contribution in [-0.4, -0.2) is 51.6 Å². The van der Waals surface area contributed by atoms with E-state index in [4.69, 9.17) is 14.2 Å². The minimum atomic E-state index is -3.76. The third-order valence-electron chi connectivity index (χ3n) is 4.52. The van der Waals surface area contributed by atoms with Crippen molar-refractivity contribution < 1.29 is 27.4 Å². The van der Waals surface area contributed by atoms with Crippen molar-refractivity contribution in [1.82, 2.24) is 10.2 Å². The first-order valence-corrected chi connectivity index (χ1v) is 12.1. The van der Waals surface area contributed by atoms with E-state index < -0.39 is 9.84 Å². The summed E-state index contributed by atoms with van der Waals surface area (Å²) in [6, 6.07) is 12.6. The number of hydrogen-bond acceptors (Lipinski definition) is 9. The Morgan fingerprint density at radius 2 is 1.58 bits per heavy atom. The number of anilines is 1. The van der Waals surface area contributed by atoms with E-state index in [0.717, 1.165) is 17.3 Å². The van der Waals surface area contributed by atoms with E-state index in [1.807, 2.05) is 6.92 Å². The predicted molar refractivity (Wildman–Crippen MR) is 124 cm³/mol. The lowest BCUT2D eigenvalue weighted by Gasteiger charge is -2.14. The van der Waals surface area contributed by atoms with E-state index >= 15 is 0 Å². The number of ether oxygens (including phenoxy) is 3. The average molecular weight is 490 g/mol. The van der Waals surface area contributed by atoms with E-state index in [1.54, 1.807) is 24.3 Å². The molecule has 0 aliphatic rings. The zero-order valence-electron chi connectivity index (χ0n) is 18.5. The number of carbonyl (C=O) groups is 1. The highest BCUT2D eigenvalue weighted by Crippen LogP contribution is 2.40. The highest BCUT2D eigenvalue weighted by molar-refractivity contribution is 7.99. The Balaban J connectivity index is 1.65. The number of benzene rings is 2. The van der Waals surface area contributed by atoms with Crippen molar-refractivity contribution in [3.8, 4) is 17.2 Å². The van der Waals surface area contributed by atoms with Gasteiger partial charge in [-0.05, 0) is 31.2 Å². The number of nitrogens with zero attached hydrogens (tertiary/aromatic N) is 2. The second-order valence-electron chi connectivity index (χ2n) is 6.78. The molecule has 33 heavy (non-hydrogen) atoms. The van der Waals surface area contributed by atoms with E-state index in [9.17, 15) is 13.2 Å². The van der Waals surface area contributed by atoms with Crippen molar-refractivity contribution in [2.45, 2.75) is 21.9 Å². The lowest BCUT2D eigenvalue weighted by atomic mass is 10.2. The van der Waals surface area contributed by atoms with Gasteiger partial charge in [0.2, 0.25) is 21.5 Å². The first-order valence-electron chi connectivity index (χ1n) is 9.66. The average Bonchev–Trinajstić information content (AvgIpc) is 2.82. The molecule has 1 heterocycles. The number of amides is 1. The van der Waals surface area contributed by atoms with Crippen LogP contribution in [0.4, 0.5) is 5.69 Å².